The average molecular weight is 281 g/mol. The van der Waals surface area contributed by atoms with Crippen LogP contribution in [-0.4, -0.2) is 18.8 Å². The molecule has 1 saturated heterocycles. The second kappa shape index (κ2) is 6.88. The Balaban J connectivity index is 1.80. The van der Waals surface area contributed by atoms with Gasteiger partial charge in [-0.2, -0.15) is 0 Å². The normalized spacial score (nSPS) is 25.7. The van der Waals surface area contributed by atoms with Crippen molar-refractivity contribution in [3.8, 4) is 0 Å². The lowest BCUT2D eigenvalue weighted by molar-refractivity contribution is -0.0286. The first kappa shape index (κ1) is 14.3. The molecule has 1 N–H and O–H groups in total. The van der Waals surface area contributed by atoms with Gasteiger partial charge in [0.15, 0.2) is 0 Å². The molecule has 1 fully saturated rings. The zero-order valence-corrected chi connectivity index (χ0v) is 12.5. The summed E-state index contributed by atoms with van der Waals surface area (Å²) in [5, 5.41) is 3.76. The number of morpholine rings is 1. The van der Waals surface area contributed by atoms with Gasteiger partial charge in [0.1, 0.15) is 0 Å². The lowest BCUT2D eigenvalue weighted by atomic mass is 9.93. The van der Waals surface area contributed by atoms with Crippen LogP contribution in [0.15, 0.2) is 60.7 Å². The molecule has 0 aliphatic carbocycles. The van der Waals surface area contributed by atoms with E-state index in [9.17, 15) is 0 Å². The highest BCUT2D eigenvalue weighted by Crippen LogP contribution is 2.27. The molecule has 0 aromatic heterocycles. The van der Waals surface area contributed by atoms with Crippen molar-refractivity contribution in [1.82, 2.24) is 5.32 Å². The maximum absolute atomic E-state index is 6.19. The predicted molar refractivity (Wildman–Crippen MR) is 86.3 cm³/mol. The van der Waals surface area contributed by atoms with Gasteiger partial charge in [0.25, 0.3) is 0 Å². The van der Waals surface area contributed by atoms with Crippen LogP contribution >= 0.6 is 0 Å². The molecule has 0 radical (unpaired) electrons. The minimum atomic E-state index is 0.192. The van der Waals surface area contributed by atoms with Gasteiger partial charge in [-0.15, -0.1) is 0 Å². The topological polar surface area (TPSA) is 21.3 Å². The van der Waals surface area contributed by atoms with Gasteiger partial charge < -0.3 is 10.1 Å². The molecular weight excluding hydrogens is 258 g/mol. The lowest BCUT2D eigenvalue weighted by Crippen LogP contribution is -2.49. The van der Waals surface area contributed by atoms with Gasteiger partial charge in [0.05, 0.1) is 18.8 Å². The van der Waals surface area contributed by atoms with Crippen LogP contribution < -0.4 is 5.32 Å². The summed E-state index contributed by atoms with van der Waals surface area (Å²) in [6.45, 7) is 3.01. The van der Waals surface area contributed by atoms with Crippen LogP contribution in [0, 0.1) is 0 Å². The highest BCUT2D eigenvalue weighted by Gasteiger charge is 2.31. The highest BCUT2D eigenvalue weighted by molar-refractivity contribution is 5.23. The Morgan fingerprint density at radius 2 is 1.67 bits per heavy atom. The van der Waals surface area contributed by atoms with Crippen molar-refractivity contribution in [3.63, 3.8) is 0 Å². The van der Waals surface area contributed by atoms with E-state index in [0.29, 0.717) is 6.04 Å². The Labute approximate surface area is 127 Å². The second-order valence-corrected chi connectivity index (χ2v) is 5.72. The number of nitrogens with one attached hydrogen (secondary N) is 1. The molecular formula is C19H23NO. The molecule has 3 unspecified atom stereocenters. The van der Waals surface area contributed by atoms with E-state index < -0.39 is 0 Å². The van der Waals surface area contributed by atoms with Crippen molar-refractivity contribution in [2.24, 2.45) is 0 Å². The van der Waals surface area contributed by atoms with Crippen molar-refractivity contribution in [3.05, 3.63) is 71.8 Å². The molecule has 21 heavy (non-hydrogen) atoms. The summed E-state index contributed by atoms with van der Waals surface area (Å²) in [5.74, 6) is 0. The number of rotatable bonds is 4. The van der Waals surface area contributed by atoms with Gasteiger partial charge in [-0.25, -0.2) is 0 Å². The van der Waals surface area contributed by atoms with Crippen molar-refractivity contribution in [2.75, 3.05) is 6.61 Å². The van der Waals surface area contributed by atoms with Crippen LogP contribution in [-0.2, 0) is 11.2 Å². The van der Waals surface area contributed by atoms with E-state index in [-0.39, 0.29) is 12.1 Å². The molecule has 0 spiro atoms. The maximum Gasteiger partial charge on any atom is 0.0810 e. The molecule has 0 bridgehead atoms. The van der Waals surface area contributed by atoms with Crippen molar-refractivity contribution in [2.45, 2.75) is 38.0 Å². The van der Waals surface area contributed by atoms with E-state index in [1.54, 1.807) is 0 Å². The van der Waals surface area contributed by atoms with E-state index in [2.05, 4.69) is 72.9 Å². The lowest BCUT2D eigenvalue weighted by Gasteiger charge is -2.38. The first-order valence-electron chi connectivity index (χ1n) is 7.83. The third kappa shape index (κ3) is 3.52. The summed E-state index contributed by atoms with van der Waals surface area (Å²) >= 11 is 0. The van der Waals surface area contributed by atoms with E-state index in [0.717, 1.165) is 19.4 Å². The molecule has 3 atom stereocenters. The molecule has 110 valence electrons. The Morgan fingerprint density at radius 1 is 1.00 bits per heavy atom. The predicted octanol–water partition coefficient (Wildman–Crippen LogP) is 3.74. The summed E-state index contributed by atoms with van der Waals surface area (Å²) in [5.41, 5.74) is 2.65. The van der Waals surface area contributed by atoms with E-state index in [1.165, 1.54) is 11.1 Å². The Bertz CT molecular complexity index is 540. The fourth-order valence-corrected chi connectivity index (χ4v) is 2.98. The van der Waals surface area contributed by atoms with Crippen LogP contribution in [0.5, 0.6) is 0 Å². The van der Waals surface area contributed by atoms with E-state index in [1.807, 2.05) is 0 Å². The summed E-state index contributed by atoms with van der Waals surface area (Å²) in [4.78, 5) is 0. The minimum Gasteiger partial charge on any atom is -0.374 e. The van der Waals surface area contributed by atoms with Crippen LogP contribution in [0.4, 0.5) is 0 Å². The van der Waals surface area contributed by atoms with Gasteiger partial charge >= 0.3 is 0 Å². The van der Waals surface area contributed by atoms with Gasteiger partial charge in [-0.1, -0.05) is 67.6 Å². The maximum atomic E-state index is 6.19. The number of hydrogen-bond donors (Lipinski definition) is 1. The number of ether oxygens (including phenoxy) is 1. The quantitative estimate of drug-likeness (QED) is 0.922. The third-order valence-electron chi connectivity index (χ3n) is 4.23. The fourth-order valence-electron chi connectivity index (χ4n) is 2.98. The molecule has 2 nitrogen and oxygen atoms in total. The molecule has 0 saturated carbocycles. The molecule has 1 heterocycles. The zero-order chi connectivity index (χ0) is 14.5. The van der Waals surface area contributed by atoms with Gasteiger partial charge in [-0.05, 0) is 17.5 Å². The zero-order valence-electron chi connectivity index (χ0n) is 12.5. The number of benzene rings is 2. The molecule has 3 rings (SSSR count). The first-order chi connectivity index (χ1) is 10.4. The Kier molecular flexibility index (Phi) is 4.69. The molecule has 1 aliphatic heterocycles. The van der Waals surface area contributed by atoms with Crippen LogP contribution in [0.3, 0.4) is 0 Å². The Hall–Kier alpha value is -1.64. The SMILES string of the molecule is CCC1COC(Cc2ccccc2)C(c2ccccc2)N1. The molecule has 0 amide bonds. The fraction of sp³-hybridized carbons (Fsp3) is 0.368. The van der Waals surface area contributed by atoms with Crippen molar-refractivity contribution < 1.29 is 4.74 Å². The standard InChI is InChI=1S/C19H23NO/c1-2-17-14-21-18(13-15-9-5-3-6-10-15)19(20-17)16-11-7-4-8-12-16/h3-12,17-20H,2,13-14H2,1H3. The van der Waals surface area contributed by atoms with E-state index >= 15 is 0 Å². The van der Waals surface area contributed by atoms with Crippen LogP contribution in [0.2, 0.25) is 0 Å². The first-order valence-corrected chi connectivity index (χ1v) is 7.83. The van der Waals surface area contributed by atoms with E-state index in [4.69, 9.17) is 4.74 Å². The summed E-state index contributed by atoms with van der Waals surface area (Å²) in [7, 11) is 0. The summed E-state index contributed by atoms with van der Waals surface area (Å²) in [6, 6.07) is 22.0. The number of hydrogen-bond acceptors (Lipinski definition) is 2. The van der Waals surface area contributed by atoms with Crippen molar-refractivity contribution >= 4 is 0 Å². The van der Waals surface area contributed by atoms with Gasteiger partial charge in [0.2, 0.25) is 0 Å². The average Bonchev–Trinajstić information content (AvgIpc) is 2.57. The molecule has 1 aliphatic rings. The molecule has 2 heteroatoms. The largest absolute Gasteiger partial charge is 0.374 e. The Morgan fingerprint density at radius 3 is 2.33 bits per heavy atom. The van der Waals surface area contributed by atoms with Crippen LogP contribution in [0.25, 0.3) is 0 Å². The van der Waals surface area contributed by atoms with Gasteiger partial charge in [0, 0.05) is 12.5 Å². The smallest absolute Gasteiger partial charge is 0.0810 e. The minimum absolute atomic E-state index is 0.192. The summed E-state index contributed by atoms with van der Waals surface area (Å²) in [6.07, 6.45) is 2.24. The van der Waals surface area contributed by atoms with Crippen LogP contribution in [0.1, 0.15) is 30.5 Å². The monoisotopic (exact) mass is 281 g/mol. The van der Waals surface area contributed by atoms with Gasteiger partial charge in [-0.3, -0.25) is 0 Å². The van der Waals surface area contributed by atoms with Crippen molar-refractivity contribution in [1.29, 1.82) is 0 Å². The molecule has 2 aromatic rings. The molecule has 2 aromatic carbocycles. The summed E-state index contributed by atoms with van der Waals surface area (Å²) < 4.78 is 6.19. The third-order valence-corrected chi connectivity index (χ3v) is 4.23. The second-order valence-electron chi connectivity index (χ2n) is 5.72. The highest BCUT2D eigenvalue weighted by atomic mass is 16.5.